The van der Waals surface area contributed by atoms with Crippen LogP contribution in [0.3, 0.4) is 0 Å². The number of hydrogen-bond acceptors (Lipinski definition) is 3. The van der Waals surface area contributed by atoms with Crippen molar-refractivity contribution in [1.82, 2.24) is 0 Å². The smallest absolute Gasteiger partial charge is 0.339 e. The van der Waals surface area contributed by atoms with Gasteiger partial charge in [-0.1, -0.05) is 116 Å². The minimum absolute atomic E-state index is 0.0141. The molecule has 0 aromatic heterocycles. The van der Waals surface area contributed by atoms with E-state index in [1.165, 1.54) is 96.0 Å². The molecule has 1 N–H and O–H groups in total. The predicted molar refractivity (Wildman–Crippen MR) is 137 cm³/mol. The van der Waals surface area contributed by atoms with Crippen LogP contribution in [0.1, 0.15) is 150 Å². The highest BCUT2D eigenvalue weighted by Gasteiger charge is 2.20. The van der Waals surface area contributed by atoms with Crippen molar-refractivity contribution in [2.75, 3.05) is 0 Å². The number of esters is 1. The van der Waals surface area contributed by atoms with Crippen molar-refractivity contribution >= 4 is 11.9 Å². The molecule has 188 valence electrons. The van der Waals surface area contributed by atoms with Crippen LogP contribution >= 0.6 is 0 Å². The van der Waals surface area contributed by atoms with Gasteiger partial charge in [0.2, 0.25) is 0 Å². The monoisotopic (exact) mass is 460 g/mol. The molecule has 0 heterocycles. The normalized spacial score (nSPS) is 11.9. The van der Waals surface area contributed by atoms with Crippen molar-refractivity contribution in [2.24, 2.45) is 0 Å². The second kappa shape index (κ2) is 19.6. The van der Waals surface area contributed by atoms with E-state index in [0.29, 0.717) is 0 Å². The van der Waals surface area contributed by atoms with Crippen LogP contribution in [0.15, 0.2) is 24.3 Å². The molecule has 0 amide bonds. The number of benzene rings is 1. The molecule has 0 aliphatic heterocycles. The molecule has 0 spiro atoms. The Bertz CT molecular complexity index is 640. The van der Waals surface area contributed by atoms with Crippen molar-refractivity contribution in [3.05, 3.63) is 35.4 Å². The maximum atomic E-state index is 12.8. The summed E-state index contributed by atoms with van der Waals surface area (Å²) in [4.78, 5) is 24.2. The van der Waals surface area contributed by atoms with Crippen molar-refractivity contribution in [2.45, 2.75) is 136 Å². The summed E-state index contributed by atoms with van der Waals surface area (Å²) < 4.78 is 5.84. The summed E-state index contributed by atoms with van der Waals surface area (Å²) in [6, 6.07) is 6.34. The van der Waals surface area contributed by atoms with E-state index in [4.69, 9.17) is 4.74 Å². The molecular weight excluding hydrogens is 412 g/mol. The highest BCUT2D eigenvalue weighted by atomic mass is 16.5. The molecule has 1 aromatic rings. The van der Waals surface area contributed by atoms with Gasteiger partial charge in [0.15, 0.2) is 0 Å². The predicted octanol–water partition coefficient (Wildman–Crippen LogP) is 8.97. The molecule has 0 aliphatic carbocycles. The van der Waals surface area contributed by atoms with E-state index in [1.807, 2.05) is 0 Å². The molecule has 1 atom stereocenters. The van der Waals surface area contributed by atoms with Gasteiger partial charge in [0.1, 0.15) is 6.10 Å². The third-order valence-corrected chi connectivity index (χ3v) is 6.41. The van der Waals surface area contributed by atoms with Crippen LogP contribution < -0.4 is 0 Å². The van der Waals surface area contributed by atoms with E-state index in [0.717, 1.165) is 25.7 Å². The molecule has 0 saturated carbocycles. The summed E-state index contributed by atoms with van der Waals surface area (Å²) in [6.07, 6.45) is 21.6. The van der Waals surface area contributed by atoms with Gasteiger partial charge in [0, 0.05) is 0 Å². The maximum absolute atomic E-state index is 12.8. The highest BCUT2D eigenvalue weighted by molar-refractivity contribution is 6.02. The minimum Gasteiger partial charge on any atom is -0.478 e. The SMILES string of the molecule is CCCCCCCCCCCC(CCCCCCCCC)OC(=O)c1ccccc1C(=O)O. The van der Waals surface area contributed by atoms with E-state index in [-0.39, 0.29) is 17.2 Å². The van der Waals surface area contributed by atoms with E-state index in [9.17, 15) is 14.7 Å². The first-order chi connectivity index (χ1) is 16.1. The lowest BCUT2D eigenvalue weighted by Gasteiger charge is -2.19. The molecule has 4 heteroatoms. The third kappa shape index (κ3) is 14.1. The summed E-state index contributed by atoms with van der Waals surface area (Å²) in [6.45, 7) is 4.48. The number of carbonyl (C=O) groups excluding carboxylic acids is 1. The summed E-state index contributed by atoms with van der Waals surface area (Å²) in [7, 11) is 0. The molecule has 0 saturated heterocycles. The van der Waals surface area contributed by atoms with Crippen LogP contribution in [0.4, 0.5) is 0 Å². The maximum Gasteiger partial charge on any atom is 0.339 e. The van der Waals surface area contributed by atoms with E-state index >= 15 is 0 Å². The number of aromatic carboxylic acids is 1. The van der Waals surface area contributed by atoms with E-state index < -0.39 is 11.9 Å². The zero-order chi connectivity index (χ0) is 24.2. The number of ether oxygens (including phenoxy) is 1. The Kier molecular flexibility index (Phi) is 17.4. The Balaban J connectivity index is 2.47. The Morgan fingerprint density at radius 3 is 1.48 bits per heavy atom. The molecule has 0 bridgehead atoms. The van der Waals surface area contributed by atoms with Gasteiger partial charge in [-0.15, -0.1) is 0 Å². The first-order valence-corrected chi connectivity index (χ1v) is 13.6. The van der Waals surface area contributed by atoms with Crippen molar-refractivity contribution in [3.8, 4) is 0 Å². The quantitative estimate of drug-likeness (QED) is 0.147. The first kappa shape index (κ1) is 29.2. The molecule has 33 heavy (non-hydrogen) atoms. The van der Waals surface area contributed by atoms with Gasteiger partial charge in [-0.3, -0.25) is 0 Å². The topological polar surface area (TPSA) is 63.6 Å². The number of carboxylic acids is 1. The fraction of sp³-hybridized carbons (Fsp3) is 0.724. The number of carbonyl (C=O) groups is 2. The minimum atomic E-state index is -1.09. The second-order valence-corrected chi connectivity index (χ2v) is 9.41. The average molecular weight is 461 g/mol. The van der Waals surface area contributed by atoms with Gasteiger partial charge in [-0.05, 0) is 37.8 Å². The lowest BCUT2D eigenvalue weighted by atomic mass is 10.0. The zero-order valence-corrected chi connectivity index (χ0v) is 21.3. The Labute approximate surface area is 202 Å². The van der Waals surface area contributed by atoms with Crippen LogP contribution in [0.5, 0.6) is 0 Å². The van der Waals surface area contributed by atoms with E-state index in [2.05, 4.69) is 13.8 Å². The summed E-state index contributed by atoms with van der Waals surface area (Å²) in [5, 5.41) is 9.39. The lowest BCUT2D eigenvalue weighted by Crippen LogP contribution is -2.20. The number of carboxylic acid groups (broad SMARTS) is 1. The molecule has 0 radical (unpaired) electrons. The van der Waals surface area contributed by atoms with Crippen molar-refractivity contribution in [1.29, 1.82) is 0 Å². The number of rotatable bonds is 21. The molecule has 4 nitrogen and oxygen atoms in total. The molecular formula is C29H48O4. The van der Waals surface area contributed by atoms with Gasteiger partial charge in [0.25, 0.3) is 0 Å². The van der Waals surface area contributed by atoms with Crippen LogP contribution in [0.25, 0.3) is 0 Å². The Morgan fingerprint density at radius 2 is 1.06 bits per heavy atom. The van der Waals surface area contributed by atoms with Gasteiger partial charge in [-0.2, -0.15) is 0 Å². The van der Waals surface area contributed by atoms with Crippen molar-refractivity contribution in [3.63, 3.8) is 0 Å². The third-order valence-electron chi connectivity index (χ3n) is 6.41. The fourth-order valence-electron chi connectivity index (χ4n) is 4.34. The van der Waals surface area contributed by atoms with Crippen molar-refractivity contribution < 1.29 is 19.4 Å². The first-order valence-electron chi connectivity index (χ1n) is 13.6. The molecule has 1 aromatic carbocycles. The molecule has 0 aliphatic rings. The lowest BCUT2D eigenvalue weighted by molar-refractivity contribution is 0.0244. The number of hydrogen-bond donors (Lipinski definition) is 1. The second-order valence-electron chi connectivity index (χ2n) is 9.41. The average Bonchev–Trinajstić information content (AvgIpc) is 2.82. The fourth-order valence-corrected chi connectivity index (χ4v) is 4.34. The molecule has 1 rings (SSSR count). The van der Waals surface area contributed by atoms with Crippen LogP contribution in [0.2, 0.25) is 0 Å². The summed E-state index contributed by atoms with van der Waals surface area (Å²) in [5.74, 6) is -1.60. The standard InChI is InChI=1S/C29H48O4/c1-3-5-7-9-11-12-14-16-18-22-25(21-17-15-13-10-8-6-4-2)33-29(32)27-24-20-19-23-26(27)28(30)31/h19-20,23-25H,3-18,21-22H2,1-2H3,(H,30,31). The van der Waals surface area contributed by atoms with Crippen LogP contribution in [0, 0.1) is 0 Å². The zero-order valence-electron chi connectivity index (χ0n) is 21.3. The summed E-state index contributed by atoms with van der Waals surface area (Å²) in [5.41, 5.74) is 0.168. The molecule has 1 unspecified atom stereocenters. The van der Waals surface area contributed by atoms with Gasteiger partial charge in [0.05, 0.1) is 11.1 Å². The van der Waals surface area contributed by atoms with Gasteiger partial charge in [-0.25, -0.2) is 9.59 Å². The molecule has 0 fully saturated rings. The number of unbranched alkanes of at least 4 members (excludes halogenated alkanes) is 14. The largest absolute Gasteiger partial charge is 0.478 e. The highest BCUT2D eigenvalue weighted by Crippen LogP contribution is 2.20. The Morgan fingerprint density at radius 1 is 0.667 bits per heavy atom. The summed E-state index contributed by atoms with van der Waals surface area (Å²) >= 11 is 0. The van der Waals surface area contributed by atoms with Crippen LogP contribution in [-0.2, 0) is 4.74 Å². The van der Waals surface area contributed by atoms with Gasteiger partial charge >= 0.3 is 11.9 Å². The Hall–Kier alpha value is -1.84. The van der Waals surface area contributed by atoms with E-state index in [1.54, 1.807) is 18.2 Å². The van der Waals surface area contributed by atoms with Gasteiger partial charge < -0.3 is 9.84 Å². The van der Waals surface area contributed by atoms with Crippen LogP contribution in [-0.4, -0.2) is 23.1 Å².